The van der Waals surface area contributed by atoms with Gasteiger partial charge in [0.1, 0.15) is 5.75 Å². The summed E-state index contributed by atoms with van der Waals surface area (Å²) in [6, 6.07) is 8.52. The van der Waals surface area contributed by atoms with Crippen molar-refractivity contribution in [3.8, 4) is 5.75 Å². The van der Waals surface area contributed by atoms with E-state index >= 15 is 0 Å². The van der Waals surface area contributed by atoms with Crippen LogP contribution < -0.4 is 4.74 Å². The van der Waals surface area contributed by atoms with Gasteiger partial charge in [0, 0.05) is 0 Å². The lowest BCUT2D eigenvalue weighted by molar-refractivity contribution is 0.285. The molecule has 0 saturated heterocycles. The molecule has 0 heterocycles. The molecule has 108 valence electrons. The summed E-state index contributed by atoms with van der Waals surface area (Å²) in [6.45, 7) is 14.4. The van der Waals surface area contributed by atoms with Crippen LogP contribution in [0.2, 0.25) is 0 Å². The van der Waals surface area contributed by atoms with Crippen LogP contribution >= 0.6 is 0 Å². The molecule has 0 aliphatic heterocycles. The van der Waals surface area contributed by atoms with Crippen molar-refractivity contribution in [1.82, 2.24) is 0 Å². The summed E-state index contributed by atoms with van der Waals surface area (Å²) in [5.41, 5.74) is 2.01. The zero-order valence-electron chi connectivity index (χ0n) is 13.5. The third-order valence-electron chi connectivity index (χ3n) is 3.31. The van der Waals surface area contributed by atoms with E-state index in [9.17, 15) is 0 Å². The van der Waals surface area contributed by atoms with Gasteiger partial charge in [0.15, 0.2) is 0 Å². The first-order valence-electron chi connectivity index (χ1n) is 7.42. The van der Waals surface area contributed by atoms with E-state index < -0.39 is 0 Å². The second-order valence-corrected chi connectivity index (χ2v) is 7.64. The van der Waals surface area contributed by atoms with Gasteiger partial charge in [-0.3, -0.25) is 0 Å². The fourth-order valence-electron chi connectivity index (χ4n) is 2.00. The van der Waals surface area contributed by atoms with Gasteiger partial charge >= 0.3 is 0 Å². The molecule has 0 spiro atoms. The minimum absolute atomic E-state index is 0.214. The van der Waals surface area contributed by atoms with E-state index in [1.54, 1.807) is 0 Å². The number of ether oxygens (including phenoxy) is 1. The molecule has 1 heteroatoms. The van der Waals surface area contributed by atoms with E-state index in [2.05, 4.69) is 65.8 Å². The summed E-state index contributed by atoms with van der Waals surface area (Å²) >= 11 is 0. The maximum absolute atomic E-state index is 5.79. The van der Waals surface area contributed by atoms with Crippen molar-refractivity contribution in [2.24, 2.45) is 5.41 Å². The van der Waals surface area contributed by atoms with Crippen molar-refractivity contribution in [3.05, 3.63) is 29.8 Å². The van der Waals surface area contributed by atoms with Crippen LogP contribution in [0, 0.1) is 5.41 Å². The topological polar surface area (TPSA) is 9.23 Å². The van der Waals surface area contributed by atoms with Crippen molar-refractivity contribution in [1.29, 1.82) is 0 Å². The number of hydrogen-bond acceptors (Lipinski definition) is 1. The predicted molar refractivity (Wildman–Crippen MR) is 83.9 cm³/mol. The first kappa shape index (κ1) is 16.1. The Hall–Kier alpha value is -0.980. The monoisotopic (exact) mass is 262 g/mol. The van der Waals surface area contributed by atoms with Gasteiger partial charge < -0.3 is 4.74 Å². The Balaban J connectivity index is 2.31. The molecule has 1 aromatic carbocycles. The SMILES string of the molecule is CC(C)(C)CCCCOc1ccc(C(C)(C)C)cc1. The van der Waals surface area contributed by atoms with Crippen LogP contribution in [0.1, 0.15) is 66.4 Å². The average molecular weight is 262 g/mol. The predicted octanol–water partition coefficient (Wildman–Crippen LogP) is 5.58. The van der Waals surface area contributed by atoms with E-state index in [0.29, 0.717) is 5.41 Å². The molecule has 0 saturated carbocycles. The van der Waals surface area contributed by atoms with Crippen molar-refractivity contribution in [3.63, 3.8) is 0 Å². The van der Waals surface area contributed by atoms with Gasteiger partial charge in [-0.15, -0.1) is 0 Å². The van der Waals surface area contributed by atoms with Gasteiger partial charge in [0.05, 0.1) is 6.61 Å². The average Bonchev–Trinajstić information content (AvgIpc) is 2.26. The van der Waals surface area contributed by atoms with E-state index in [0.717, 1.165) is 18.8 Å². The Kier molecular flexibility index (Phi) is 5.46. The molecule has 0 aliphatic carbocycles. The molecule has 1 nitrogen and oxygen atoms in total. The van der Waals surface area contributed by atoms with E-state index in [1.807, 2.05) is 0 Å². The quantitative estimate of drug-likeness (QED) is 0.629. The van der Waals surface area contributed by atoms with Crippen LogP contribution in [0.3, 0.4) is 0 Å². The highest BCUT2D eigenvalue weighted by molar-refractivity contribution is 5.31. The summed E-state index contributed by atoms with van der Waals surface area (Å²) in [7, 11) is 0. The Morgan fingerprint density at radius 3 is 1.89 bits per heavy atom. The molecule has 0 N–H and O–H groups in total. The lowest BCUT2D eigenvalue weighted by atomic mass is 9.87. The maximum Gasteiger partial charge on any atom is 0.119 e. The highest BCUT2D eigenvalue weighted by Crippen LogP contribution is 2.25. The summed E-state index contributed by atoms with van der Waals surface area (Å²) < 4.78 is 5.79. The van der Waals surface area contributed by atoms with Crippen LogP contribution in [0.4, 0.5) is 0 Å². The molecule has 0 amide bonds. The molecule has 1 rings (SSSR count). The second-order valence-electron chi connectivity index (χ2n) is 7.64. The fourth-order valence-corrected chi connectivity index (χ4v) is 2.00. The standard InChI is InChI=1S/C18H30O/c1-17(2,3)13-7-8-14-19-16-11-9-15(10-12-16)18(4,5)6/h9-12H,7-8,13-14H2,1-6H3. The molecule has 0 unspecified atom stereocenters. The van der Waals surface area contributed by atoms with Gasteiger partial charge in [0.2, 0.25) is 0 Å². The first-order chi connectivity index (χ1) is 8.68. The van der Waals surface area contributed by atoms with E-state index in [-0.39, 0.29) is 5.41 Å². The van der Waals surface area contributed by atoms with Gasteiger partial charge in [-0.1, -0.05) is 53.7 Å². The molecule has 0 aliphatic rings. The number of unbranched alkanes of at least 4 members (excludes halogenated alkanes) is 1. The summed E-state index contributed by atoms with van der Waals surface area (Å²) in [6.07, 6.45) is 3.64. The molecule has 1 aromatic rings. The third-order valence-corrected chi connectivity index (χ3v) is 3.31. The lowest BCUT2D eigenvalue weighted by Gasteiger charge is -2.19. The molecular formula is C18H30O. The number of rotatable bonds is 5. The molecule has 19 heavy (non-hydrogen) atoms. The molecule has 0 bridgehead atoms. The van der Waals surface area contributed by atoms with Gasteiger partial charge in [-0.2, -0.15) is 0 Å². The molecule has 0 fully saturated rings. The third kappa shape index (κ3) is 6.66. The van der Waals surface area contributed by atoms with Gasteiger partial charge in [-0.25, -0.2) is 0 Å². The highest BCUT2D eigenvalue weighted by atomic mass is 16.5. The zero-order chi connectivity index (χ0) is 14.5. The first-order valence-corrected chi connectivity index (χ1v) is 7.42. The van der Waals surface area contributed by atoms with Crippen molar-refractivity contribution >= 4 is 0 Å². The number of hydrogen-bond donors (Lipinski definition) is 0. The molecule has 0 atom stereocenters. The smallest absolute Gasteiger partial charge is 0.119 e. The number of benzene rings is 1. The van der Waals surface area contributed by atoms with Crippen molar-refractivity contribution in [2.75, 3.05) is 6.61 Å². The van der Waals surface area contributed by atoms with E-state index in [1.165, 1.54) is 18.4 Å². The Bertz CT molecular complexity index is 362. The van der Waals surface area contributed by atoms with Crippen LogP contribution in [0.5, 0.6) is 5.75 Å². The van der Waals surface area contributed by atoms with Crippen LogP contribution in [-0.4, -0.2) is 6.61 Å². The molecule has 0 aromatic heterocycles. The normalized spacial score (nSPS) is 12.5. The lowest BCUT2D eigenvalue weighted by Crippen LogP contribution is -2.10. The highest BCUT2D eigenvalue weighted by Gasteiger charge is 2.13. The van der Waals surface area contributed by atoms with Gasteiger partial charge in [-0.05, 0) is 47.8 Å². The fraction of sp³-hybridized carbons (Fsp3) is 0.667. The summed E-state index contributed by atoms with van der Waals surface area (Å²) in [4.78, 5) is 0. The Morgan fingerprint density at radius 2 is 1.42 bits per heavy atom. The van der Waals surface area contributed by atoms with Crippen molar-refractivity contribution in [2.45, 2.75) is 66.2 Å². The molecular weight excluding hydrogens is 232 g/mol. The van der Waals surface area contributed by atoms with Crippen LogP contribution in [-0.2, 0) is 5.41 Å². The Morgan fingerprint density at radius 1 is 0.842 bits per heavy atom. The minimum Gasteiger partial charge on any atom is -0.494 e. The second kappa shape index (κ2) is 6.45. The molecule has 0 radical (unpaired) electrons. The summed E-state index contributed by atoms with van der Waals surface area (Å²) in [5.74, 6) is 0.990. The van der Waals surface area contributed by atoms with Crippen LogP contribution in [0.25, 0.3) is 0 Å². The summed E-state index contributed by atoms with van der Waals surface area (Å²) in [5, 5.41) is 0. The maximum atomic E-state index is 5.79. The van der Waals surface area contributed by atoms with Crippen molar-refractivity contribution < 1.29 is 4.74 Å². The largest absolute Gasteiger partial charge is 0.494 e. The Labute approximate surface area is 119 Å². The minimum atomic E-state index is 0.214. The zero-order valence-corrected chi connectivity index (χ0v) is 13.5. The van der Waals surface area contributed by atoms with Crippen LogP contribution in [0.15, 0.2) is 24.3 Å². The van der Waals surface area contributed by atoms with E-state index in [4.69, 9.17) is 4.74 Å². The van der Waals surface area contributed by atoms with Gasteiger partial charge in [0.25, 0.3) is 0 Å².